The van der Waals surface area contributed by atoms with Gasteiger partial charge >= 0.3 is 0 Å². The van der Waals surface area contributed by atoms with Gasteiger partial charge in [0, 0.05) is 17.8 Å². The fourth-order valence-corrected chi connectivity index (χ4v) is 3.28. The van der Waals surface area contributed by atoms with E-state index in [2.05, 4.69) is 12.2 Å². The molecule has 1 saturated carbocycles. The van der Waals surface area contributed by atoms with Gasteiger partial charge in [0.1, 0.15) is 5.67 Å². The number of alkyl halides is 1. The van der Waals surface area contributed by atoms with Gasteiger partial charge in [-0.3, -0.25) is 0 Å². The third kappa shape index (κ3) is 2.18. The van der Waals surface area contributed by atoms with E-state index in [0.717, 1.165) is 19.3 Å². The monoisotopic (exact) mass is 203 g/mol. The maximum absolute atomic E-state index is 13.6. The van der Waals surface area contributed by atoms with Crippen molar-refractivity contribution in [3.63, 3.8) is 0 Å². The van der Waals surface area contributed by atoms with Gasteiger partial charge in [-0.25, -0.2) is 4.39 Å². The Labute approximate surface area is 83.9 Å². The van der Waals surface area contributed by atoms with Crippen molar-refractivity contribution >= 4 is 11.8 Å². The highest BCUT2D eigenvalue weighted by atomic mass is 32.2. The Morgan fingerprint density at radius 2 is 2.31 bits per heavy atom. The van der Waals surface area contributed by atoms with Crippen LogP contribution in [0.15, 0.2) is 0 Å². The van der Waals surface area contributed by atoms with E-state index in [9.17, 15) is 4.39 Å². The number of thioether (sulfide) groups is 1. The number of halogens is 1. The summed E-state index contributed by atoms with van der Waals surface area (Å²) in [6.07, 6.45) is 3.83. The van der Waals surface area contributed by atoms with Crippen molar-refractivity contribution in [2.75, 3.05) is 12.3 Å². The molecule has 2 atom stereocenters. The Balaban J connectivity index is 1.72. The van der Waals surface area contributed by atoms with Crippen molar-refractivity contribution in [3.05, 3.63) is 0 Å². The summed E-state index contributed by atoms with van der Waals surface area (Å²) >= 11 is 2.00. The van der Waals surface area contributed by atoms with Crippen LogP contribution in [-0.2, 0) is 0 Å². The molecular weight excluding hydrogens is 185 g/mol. The highest BCUT2D eigenvalue weighted by Crippen LogP contribution is 2.35. The van der Waals surface area contributed by atoms with Gasteiger partial charge in [0.2, 0.25) is 0 Å². The van der Waals surface area contributed by atoms with E-state index in [1.807, 2.05) is 11.8 Å². The lowest BCUT2D eigenvalue weighted by atomic mass is 9.82. The molecule has 0 amide bonds. The lowest BCUT2D eigenvalue weighted by Gasteiger charge is -2.35. The molecule has 1 aliphatic heterocycles. The first-order valence-corrected chi connectivity index (χ1v) is 6.28. The van der Waals surface area contributed by atoms with E-state index in [4.69, 9.17) is 0 Å². The van der Waals surface area contributed by atoms with Gasteiger partial charge < -0.3 is 5.32 Å². The quantitative estimate of drug-likeness (QED) is 0.755. The molecule has 2 unspecified atom stereocenters. The zero-order valence-corrected chi connectivity index (χ0v) is 9.00. The Kier molecular flexibility index (Phi) is 2.84. The minimum Gasteiger partial charge on any atom is -0.310 e. The minimum atomic E-state index is -0.854. The molecule has 3 heteroatoms. The minimum absolute atomic E-state index is 0.554. The molecule has 0 bridgehead atoms. The summed E-state index contributed by atoms with van der Waals surface area (Å²) in [5, 5.41) is 4.05. The Bertz CT molecular complexity index is 182. The standard InChI is InChI=1S/C10H18FNS/c1-8-9(3-6-13-8)12-7-10(11)4-2-5-10/h8-9,12H,2-7H2,1H3. The fraction of sp³-hybridized carbons (Fsp3) is 1.00. The van der Waals surface area contributed by atoms with E-state index >= 15 is 0 Å². The van der Waals surface area contributed by atoms with Gasteiger partial charge in [-0.1, -0.05) is 6.92 Å². The van der Waals surface area contributed by atoms with Crippen LogP contribution in [0.25, 0.3) is 0 Å². The second kappa shape index (κ2) is 3.77. The van der Waals surface area contributed by atoms with Crippen LogP contribution in [0.3, 0.4) is 0 Å². The highest BCUT2D eigenvalue weighted by Gasteiger charge is 2.37. The average molecular weight is 203 g/mol. The van der Waals surface area contributed by atoms with Crippen molar-refractivity contribution in [1.29, 1.82) is 0 Å². The van der Waals surface area contributed by atoms with Gasteiger partial charge in [-0.15, -0.1) is 0 Å². The van der Waals surface area contributed by atoms with Crippen LogP contribution < -0.4 is 5.32 Å². The molecular formula is C10H18FNS. The third-order valence-electron chi connectivity index (χ3n) is 3.31. The van der Waals surface area contributed by atoms with Gasteiger partial charge in [0.25, 0.3) is 0 Å². The lowest BCUT2D eigenvalue weighted by molar-refractivity contribution is 0.0602. The van der Waals surface area contributed by atoms with E-state index in [0.29, 0.717) is 17.8 Å². The van der Waals surface area contributed by atoms with Crippen LogP contribution in [-0.4, -0.2) is 29.3 Å². The van der Waals surface area contributed by atoms with Crippen LogP contribution >= 0.6 is 11.8 Å². The molecule has 0 aromatic rings. The maximum Gasteiger partial charge on any atom is 0.123 e. The summed E-state index contributed by atoms with van der Waals surface area (Å²) in [6.45, 7) is 2.82. The molecule has 0 spiro atoms. The van der Waals surface area contributed by atoms with Crippen molar-refractivity contribution in [3.8, 4) is 0 Å². The topological polar surface area (TPSA) is 12.0 Å². The normalized spacial score (nSPS) is 37.4. The predicted octanol–water partition coefficient (Wildman–Crippen LogP) is 2.36. The molecule has 1 aliphatic carbocycles. The summed E-state index contributed by atoms with van der Waals surface area (Å²) in [5.74, 6) is 1.23. The molecule has 13 heavy (non-hydrogen) atoms. The van der Waals surface area contributed by atoms with Crippen molar-refractivity contribution in [2.24, 2.45) is 0 Å². The molecule has 1 saturated heterocycles. The number of nitrogens with one attached hydrogen (secondary N) is 1. The first-order valence-electron chi connectivity index (χ1n) is 5.24. The summed E-state index contributed by atoms with van der Waals surface area (Å²) < 4.78 is 13.6. The Hall–Kier alpha value is 0.240. The lowest BCUT2D eigenvalue weighted by Crippen LogP contribution is -2.47. The highest BCUT2D eigenvalue weighted by molar-refractivity contribution is 8.00. The van der Waals surface area contributed by atoms with E-state index in [1.165, 1.54) is 12.2 Å². The first kappa shape index (κ1) is 9.78. The van der Waals surface area contributed by atoms with Crippen molar-refractivity contribution in [1.82, 2.24) is 5.32 Å². The SMILES string of the molecule is CC1SCCC1NCC1(F)CCC1. The molecule has 2 fully saturated rings. The third-order valence-corrected chi connectivity index (χ3v) is 4.63. The van der Waals surface area contributed by atoms with Gasteiger partial charge in [-0.2, -0.15) is 11.8 Å². The van der Waals surface area contributed by atoms with E-state index in [1.54, 1.807) is 0 Å². The van der Waals surface area contributed by atoms with Crippen LogP contribution in [0.4, 0.5) is 4.39 Å². The average Bonchev–Trinajstić information content (AvgIpc) is 2.44. The number of hydrogen-bond donors (Lipinski definition) is 1. The largest absolute Gasteiger partial charge is 0.310 e. The number of rotatable bonds is 3. The zero-order chi connectivity index (χ0) is 9.31. The van der Waals surface area contributed by atoms with Crippen molar-refractivity contribution in [2.45, 2.75) is 49.6 Å². The zero-order valence-electron chi connectivity index (χ0n) is 8.18. The molecule has 1 nitrogen and oxygen atoms in total. The Morgan fingerprint density at radius 1 is 1.54 bits per heavy atom. The number of hydrogen-bond acceptors (Lipinski definition) is 2. The molecule has 1 heterocycles. The second-order valence-electron chi connectivity index (χ2n) is 4.36. The van der Waals surface area contributed by atoms with Crippen LogP contribution in [0.2, 0.25) is 0 Å². The molecule has 76 valence electrons. The maximum atomic E-state index is 13.6. The van der Waals surface area contributed by atoms with E-state index < -0.39 is 5.67 Å². The summed E-state index contributed by atoms with van der Waals surface area (Å²) in [7, 11) is 0. The smallest absolute Gasteiger partial charge is 0.123 e. The fourth-order valence-electron chi connectivity index (χ4n) is 2.05. The molecule has 1 N–H and O–H groups in total. The van der Waals surface area contributed by atoms with Crippen molar-refractivity contribution < 1.29 is 4.39 Å². The van der Waals surface area contributed by atoms with Crippen LogP contribution in [0.1, 0.15) is 32.6 Å². The molecule has 2 aliphatic rings. The van der Waals surface area contributed by atoms with Crippen LogP contribution in [0.5, 0.6) is 0 Å². The van der Waals surface area contributed by atoms with Crippen LogP contribution in [0, 0.1) is 0 Å². The van der Waals surface area contributed by atoms with E-state index in [-0.39, 0.29) is 0 Å². The van der Waals surface area contributed by atoms with Gasteiger partial charge in [-0.05, 0) is 31.4 Å². The first-order chi connectivity index (χ1) is 6.20. The van der Waals surface area contributed by atoms with Gasteiger partial charge in [0.15, 0.2) is 0 Å². The molecule has 2 rings (SSSR count). The molecule has 0 radical (unpaired) electrons. The van der Waals surface area contributed by atoms with Gasteiger partial charge in [0.05, 0.1) is 0 Å². The predicted molar refractivity (Wildman–Crippen MR) is 56.0 cm³/mol. The summed E-state index contributed by atoms with van der Waals surface area (Å²) in [6, 6.07) is 0.554. The Morgan fingerprint density at radius 3 is 2.77 bits per heavy atom. The summed E-state index contributed by atoms with van der Waals surface area (Å²) in [5.41, 5.74) is -0.854. The molecule has 0 aromatic carbocycles. The molecule has 0 aromatic heterocycles. The second-order valence-corrected chi connectivity index (χ2v) is 5.84. The summed E-state index contributed by atoms with van der Waals surface area (Å²) in [4.78, 5) is 0.